The van der Waals surface area contributed by atoms with Crippen LogP contribution in [0, 0.1) is 0 Å². The van der Waals surface area contributed by atoms with E-state index in [4.69, 9.17) is 14.2 Å². The molecule has 0 aliphatic rings. The van der Waals surface area contributed by atoms with Crippen LogP contribution in [-0.4, -0.2) is 31.1 Å². The second kappa shape index (κ2) is 9.12. The molecule has 150 valence electrons. The van der Waals surface area contributed by atoms with Gasteiger partial charge >= 0.3 is 0 Å². The highest BCUT2D eigenvalue weighted by Gasteiger charge is 2.30. The van der Waals surface area contributed by atoms with Gasteiger partial charge in [-0.2, -0.15) is 0 Å². The Balaban J connectivity index is 2.14. The molecule has 0 unspecified atom stereocenters. The van der Waals surface area contributed by atoms with E-state index < -0.39 is 5.60 Å². The summed E-state index contributed by atoms with van der Waals surface area (Å²) in [4.78, 5) is 24.1. The summed E-state index contributed by atoms with van der Waals surface area (Å²) in [5, 5.41) is 5.48. The highest BCUT2D eigenvalue weighted by atomic mass is 16.5. The van der Waals surface area contributed by atoms with Crippen LogP contribution in [0.2, 0.25) is 0 Å². The van der Waals surface area contributed by atoms with Crippen LogP contribution in [0.25, 0.3) is 0 Å². The summed E-state index contributed by atoms with van der Waals surface area (Å²) < 4.78 is 16.6. The molecule has 2 rings (SSSR count). The first-order chi connectivity index (χ1) is 13.2. The number of anilines is 2. The van der Waals surface area contributed by atoms with E-state index >= 15 is 0 Å². The highest BCUT2D eigenvalue weighted by molar-refractivity contribution is 5.99. The van der Waals surface area contributed by atoms with Crippen molar-refractivity contribution in [2.24, 2.45) is 0 Å². The van der Waals surface area contributed by atoms with Gasteiger partial charge in [0.15, 0.2) is 5.60 Å². The molecule has 28 heavy (non-hydrogen) atoms. The van der Waals surface area contributed by atoms with Crippen molar-refractivity contribution in [3.63, 3.8) is 0 Å². The zero-order chi connectivity index (χ0) is 20.7. The number of carbonyl (C=O) groups is 2. The largest absolute Gasteiger partial charge is 0.495 e. The summed E-state index contributed by atoms with van der Waals surface area (Å²) in [6.45, 7) is 7.24. The fourth-order valence-electron chi connectivity index (χ4n) is 2.47. The molecule has 0 atom stereocenters. The third-order valence-electron chi connectivity index (χ3n) is 3.82. The van der Waals surface area contributed by atoms with E-state index in [1.54, 1.807) is 56.3 Å². The van der Waals surface area contributed by atoms with Gasteiger partial charge in [0, 0.05) is 12.6 Å². The Kier molecular flexibility index (Phi) is 6.87. The van der Waals surface area contributed by atoms with Crippen molar-refractivity contribution in [1.82, 2.24) is 0 Å². The van der Waals surface area contributed by atoms with Crippen LogP contribution >= 0.6 is 0 Å². The molecular formula is C21H26N2O5. The molecule has 0 aromatic heterocycles. The Morgan fingerprint density at radius 2 is 1.64 bits per heavy atom. The Bertz CT molecular complexity index is 831. The first kappa shape index (κ1) is 21.1. The van der Waals surface area contributed by atoms with E-state index in [1.165, 1.54) is 14.0 Å². The molecule has 2 aromatic carbocycles. The molecule has 0 heterocycles. The molecule has 0 saturated heterocycles. The van der Waals surface area contributed by atoms with Crippen LogP contribution in [0.1, 0.15) is 27.7 Å². The number of nitrogens with one attached hydrogen (secondary N) is 2. The van der Waals surface area contributed by atoms with Crippen LogP contribution in [0.5, 0.6) is 17.2 Å². The van der Waals surface area contributed by atoms with Gasteiger partial charge in [0.1, 0.15) is 17.2 Å². The predicted octanol–water partition coefficient (Wildman–Crippen LogP) is 3.85. The van der Waals surface area contributed by atoms with Gasteiger partial charge in [-0.3, -0.25) is 9.59 Å². The van der Waals surface area contributed by atoms with Crippen molar-refractivity contribution < 1.29 is 23.8 Å². The Morgan fingerprint density at radius 1 is 1.00 bits per heavy atom. The molecule has 0 aliphatic heterocycles. The Hall–Kier alpha value is -3.22. The maximum absolute atomic E-state index is 12.8. The molecule has 7 heteroatoms. The standard InChI is InChI=1S/C21H26N2O5/c1-6-27-16-8-10-17(11-9-16)28-21(3,4)20(25)23-18-13-15(22-14(2)24)7-12-19(18)26-5/h7-13H,6H2,1-5H3,(H,22,24)(H,23,25). The lowest BCUT2D eigenvalue weighted by Gasteiger charge is -2.26. The Morgan fingerprint density at radius 3 is 2.21 bits per heavy atom. The van der Waals surface area contributed by atoms with E-state index in [9.17, 15) is 9.59 Å². The molecule has 2 amide bonds. The van der Waals surface area contributed by atoms with Gasteiger partial charge in [0.2, 0.25) is 5.91 Å². The SMILES string of the molecule is CCOc1ccc(OC(C)(C)C(=O)Nc2cc(NC(C)=O)ccc2OC)cc1. The van der Waals surface area contributed by atoms with Crippen LogP contribution in [-0.2, 0) is 9.59 Å². The van der Waals surface area contributed by atoms with Crippen molar-refractivity contribution in [3.05, 3.63) is 42.5 Å². The quantitative estimate of drug-likeness (QED) is 0.720. The third-order valence-corrected chi connectivity index (χ3v) is 3.82. The van der Waals surface area contributed by atoms with Crippen LogP contribution < -0.4 is 24.8 Å². The lowest BCUT2D eigenvalue weighted by atomic mass is 10.1. The molecular weight excluding hydrogens is 360 g/mol. The number of ether oxygens (including phenoxy) is 3. The van der Waals surface area contributed by atoms with Crippen molar-refractivity contribution in [1.29, 1.82) is 0 Å². The number of benzene rings is 2. The number of methoxy groups -OCH3 is 1. The zero-order valence-corrected chi connectivity index (χ0v) is 16.8. The number of hydrogen-bond acceptors (Lipinski definition) is 5. The third kappa shape index (κ3) is 5.64. The zero-order valence-electron chi connectivity index (χ0n) is 16.8. The highest BCUT2D eigenvalue weighted by Crippen LogP contribution is 2.29. The first-order valence-corrected chi connectivity index (χ1v) is 8.94. The fraction of sp³-hybridized carbons (Fsp3) is 0.333. The first-order valence-electron chi connectivity index (χ1n) is 8.94. The monoisotopic (exact) mass is 386 g/mol. The topological polar surface area (TPSA) is 85.9 Å². The fourth-order valence-corrected chi connectivity index (χ4v) is 2.47. The molecule has 0 bridgehead atoms. The molecule has 0 fully saturated rings. The molecule has 0 saturated carbocycles. The van der Waals surface area contributed by atoms with Crippen LogP contribution in [0.15, 0.2) is 42.5 Å². The smallest absolute Gasteiger partial charge is 0.268 e. The van der Waals surface area contributed by atoms with Gasteiger partial charge in [-0.1, -0.05) is 0 Å². The lowest BCUT2D eigenvalue weighted by Crippen LogP contribution is -2.42. The minimum Gasteiger partial charge on any atom is -0.495 e. The summed E-state index contributed by atoms with van der Waals surface area (Å²) in [6, 6.07) is 12.1. The number of rotatable bonds is 8. The predicted molar refractivity (Wildman–Crippen MR) is 108 cm³/mol. The Labute approximate surface area is 165 Å². The average molecular weight is 386 g/mol. The molecule has 2 N–H and O–H groups in total. The summed E-state index contributed by atoms with van der Waals surface area (Å²) in [7, 11) is 1.50. The molecule has 2 aromatic rings. The van der Waals surface area contributed by atoms with Crippen LogP contribution in [0.4, 0.5) is 11.4 Å². The summed E-state index contributed by atoms with van der Waals surface area (Å²) in [5.41, 5.74) is -0.168. The van der Waals surface area contributed by atoms with Gasteiger partial charge in [0.05, 0.1) is 19.4 Å². The van der Waals surface area contributed by atoms with E-state index in [2.05, 4.69) is 10.6 Å². The van der Waals surface area contributed by atoms with Crippen molar-refractivity contribution in [2.75, 3.05) is 24.4 Å². The van der Waals surface area contributed by atoms with Gasteiger partial charge in [-0.05, 0) is 63.2 Å². The molecule has 7 nitrogen and oxygen atoms in total. The van der Waals surface area contributed by atoms with E-state index in [0.717, 1.165) is 5.75 Å². The normalized spacial score (nSPS) is 10.8. The van der Waals surface area contributed by atoms with Gasteiger partial charge in [-0.25, -0.2) is 0 Å². The lowest BCUT2D eigenvalue weighted by molar-refractivity contribution is -0.128. The van der Waals surface area contributed by atoms with E-state index in [1.807, 2.05) is 6.92 Å². The van der Waals surface area contributed by atoms with Gasteiger partial charge < -0.3 is 24.8 Å². The van der Waals surface area contributed by atoms with Crippen molar-refractivity contribution >= 4 is 23.2 Å². The number of amides is 2. The maximum atomic E-state index is 12.8. The van der Waals surface area contributed by atoms with Gasteiger partial charge in [0.25, 0.3) is 5.91 Å². The number of carbonyl (C=O) groups excluding carboxylic acids is 2. The minimum atomic E-state index is -1.15. The maximum Gasteiger partial charge on any atom is 0.268 e. The molecule has 0 aliphatic carbocycles. The van der Waals surface area contributed by atoms with E-state index in [0.29, 0.717) is 29.5 Å². The summed E-state index contributed by atoms with van der Waals surface area (Å²) in [6.07, 6.45) is 0. The van der Waals surface area contributed by atoms with E-state index in [-0.39, 0.29) is 11.8 Å². The molecule has 0 spiro atoms. The second-order valence-corrected chi connectivity index (χ2v) is 6.57. The summed E-state index contributed by atoms with van der Waals surface area (Å²) in [5.74, 6) is 1.18. The minimum absolute atomic E-state index is 0.207. The second-order valence-electron chi connectivity index (χ2n) is 6.57. The van der Waals surface area contributed by atoms with Crippen LogP contribution in [0.3, 0.4) is 0 Å². The number of hydrogen-bond donors (Lipinski definition) is 2. The average Bonchev–Trinajstić information content (AvgIpc) is 2.63. The molecule has 0 radical (unpaired) electrons. The van der Waals surface area contributed by atoms with Crippen molar-refractivity contribution in [3.8, 4) is 17.2 Å². The van der Waals surface area contributed by atoms with Gasteiger partial charge in [-0.15, -0.1) is 0 Å². The van der Waals surface area contributed by atoms with Crippen molar-refractivity contribution in [2.45, 2.75) is 33.3 Å². The summed E-state index contributed by atoms with van der Waals surface area (Å²) >= 11 is 0.